The van der Waals surface area contributed by atoms with E-state index in [2.05, 4.69) is 17.2 Å². The van der Waals surface area contributed by atoms with Gasteiger partial charge < -0.3 is 5.11 Å². The van der Waals surface area contributed by atoms with Crippen LogP contribution < -0.4 is 0 Å². The van der Waals surface area contributed by atoms with Gasteiger partial charge in [-0.3, -0.25) is 0 Å². The van der Waals surface area contributed by atoms with Crippen molar-refractivity contribution in [2.24, 2.45) is 5.92 Å². The molecule has 5 heteroatoms. The molecule has 0 radical (unpaired) electrons. The molecule has 106 valence electrons. The number of carbonyl (C=O) groups is 1. The van der Waals surface area contributed by atoms with Gasteiger partial charge in [-0.25, -0.2) is 9.48 Å². The highest BCUT2D eigenvalue weighted by molar-refractivity contribution is 5.86. The van der Waals surface area contributed by atoms with Crippen LogP contribution in [0.5, 0.6) is 0 Å². The van der Waals surface area contributed by atoms with Crippen molar-refractivity contribution in [2.75, 3.05) is 0 Å². The summed E-state index contributed by atoms with van der Waals surface area (Å²) < 4.78 is 1.77. The Labute approximate surface area is 114 Å². The number of carboxylic acids is 1. The third-order valence-electron chi connectivity index (χ3n) is 3.99. The predicted octanol–water partition coefficient (Wildman–Crippen LogP) is 2.90. The Morgan fingerprint density at radius 1 is 1.37 bits per heavy atom. The van der Waals surface area contributed by atoms with Crippen molar-refractivity contribution in [2.45, 2.75) is 64.8 Å². The van der Waals surface area contributed by atoms with Gasteiger partial charge in [-0.05, 0) is 25.2 Å². The first-order valence-electron chi connectivity index (χ1n) is 7.38. The van der Waals surface area contributed by atoms with Crippen LogP contribution in [0, 0.1) is 5.92 Å². The molecule has 2 rings (SSSR count). The topological polar surface area (TPSA) is 68.0 Å². The lowest BCUT2D eigenvalue weighted by atomic mass is 9.85. The van der Waals surface area contributed by atoms with Crippen molar-refractivity contribution < 1.29 is 9.90 Å². The van der Waals surface area contributed by atoms with Crippen molar-refractivity contribution in [3.05, 3.63) is 11.4 Å². The number of rotatable bonds is 6. The number of hydrogen-bond donors (Lipinski definition) is 1. The summed E-state index contributed by atoms with van der Waals surface area (Å²) in [5.74, 6) is -0.207. The van der Waals surface area contributed by atoms with Gasteiger partial charge >= 0.3 is 5.97 Å². The van der Waals surface area contributed by atoms with Crippen LogP contribution in [0.2, 0.25) is 0 Å². The molecule has 0 aromatic carbocycles. The van der Waals surface area contributed by atoms with Crippen LogP contribution in [-0.4, -0.2) is 26.1 Å². The van der Waals surface area contributed by atoms with Crippen molar-refractivity contribution in [1.82, 2.24) is 15.0 Å². The monoisotopic (exact) mass is 265 g/mol. The average molecular weight is 265 g/mol. The zero-order valence-electron chi connectivity index (χ0n) is 11.6. The molecule has 1 aromatic rings. The molecule has 19 heavy (non-hydrogen) atoms. The number of nitrogens with zero attached hydrogens (tertiary/aromatic N) is 3. The maximum absolute atomic E-state index is 11.2. The first-order chi connectivity index (χ1) is 9.22. The summed E-state index contributed by atoms with van der Waals surface area (Å²) in [6.07, 6.45) is 9.38. The Kier molecular flexibility index (Phi) is 4.93. The van der Waals surface area contributed by atoms with Crippen LogP contribution in [0.3, 0.4) is 0 Å². The van der Waals surface area contributed by atoms with Crippen LogP contribution in [-0.2, 0) is 13.0 Å². The fourth-order valence-electron chi connectivity index (χ4n) is 2.95. The van der Waals surface area contributed by atoms with Gasteiger partial charge in [0, 0.05) is 6.54 Å². The Morgan fingerprint density at radius 3 is 2.74 bits per heavy atom. The molecule has 0 bridgehead atoms. The van der Waals surface area contributed by atoms with Crippen LogP contribution in [0.4, 0.5) is 0 Å². The summed E-state index contributed by atoms with van der Waals surface area (Å²) in [6, 6.07) is 0. The van der Waals surface area contributed by atoms with Gasteiger partial charge in [0.2, 0.25) is 0 Å². The zero-order valence-corrected chi connectivity index (χ0v) is 11.6. The first kappa shape index (κ1) is 14.0. The number of hydrogen-bond acceptors (Lipinski definition) is 3. The molecular weight excluding hydrogens is 242 g/mol. The third kappa shape index (κ3) is 3.55. The molecule has 0 aliphatic heterocycles. The Balaban J connectivity index is 2.03. The third-order valence-corrected chi connectivity index (χ3v) is 3.99. The molecule has 1 saturated carbocycles. The predicted molar refractivity (Wildman–Crippen MR) is 72.2 cm³/mol. The Bertz CT molecular complexity index is 422. The number of aryl methyl sites for hydroxylation is 1. The molecule has 0 amide bonds. The maximum atomic E-state index is 11.2. The molecule has 5 nitrogen and oxygen atoms in total. The second-order valence-corrected chi connectivity index (χ2v) is 5.46. The molecule has 0 unspecified atom stereocenters. The van der Waals surface area contributed by atoms with Gasteiger partial charge in [-0.1, -0.05) is 44.2 Å². The van der Waals surface area contributed by atoms with Crippen molar-refractivity contribution in [3.63, 3.8) is 0 Å². The second-order valence-electron chi connectivity index (χ2n) is 5.46. The van der Waals surface area contributed by atoms with E-state index in [4.69, 9.17) is 5.11 Å². The van der Waals surface area contributed by atoms with Gasteiger partial charge in [0.25, 0.3) is 0 Å². The molecule has 0 spiro atoms. The van der Waals surface area contributed by atoms with Crippen LogP contribution in [0.1, 0.15) is 68.1 Å². The van der Waals surface area contributed by atoms with Gasteiger partial charge in [-0.15, -0.1) is 5.10 Å². The molecule has 0 atom stereocenters. The van der Waals surface area contributed by atoms with Gasteiger partial charge in [0.1, 0.15) is 0 Å². The van der Waals surface area contributed by atoms with Crippen molar-refractivity contribution in [3.8, 4) is 0 Å². The van der Waals surface area contributed by atoms with E-state index < -0.39 is 5.97 Å². The van der Waals surface area contributed by atoms with E-state index in [0.717, 1.165) is 37.4 Å². The Hall–Kier alpha value is -1.39. The van der Waals surface area contributed by atoms with Gasteiger partial charge in [-0.2, -0.15) is 0 Å². The minimum atomic E-state index is -0.957. The molecule has 0 saturated heterocycles. The van der Waals surface area contributed by atoms with Crippen molar-refractivity contribution >= 4 is 5.97 Å². The second kappa shape index (κ2) is 6.68. The van der Waals surface area contributed by atoms with E-state index >= 15 is 0 Å². The van der Waals surface area contributed by atoms with E-state index in [9.17, 15) is 4.79 Å². The van der Waals surface area contributed by atoms with Crippen LogP contribution in [0.15, 0.2) is 0 Å². The molecule has 1 aliphatic rings. The molecule has 1 fully saturated rings. The summed E-state index contributed by atoms with van der Waals surface area (Å²) in [5.41, 5.74) is 0.948. The molecule has 1 heterocycles. The van der Waals surface area contributed by atoms with E-state index in [-0.39, 0.29) is 5.69 Å². The first-order valence-corrected chi connectivity index (χ1v) is 7.38. The van der Waals surface area contributed by atoms with E-state index in [0.29, 0.717) is 0 Å². The maximum Gasteiger partial charge on any atom is 0.358 e. The minimum Gasteiger partial charge on any atom is -0.476 e. The summed E-state index contributed by atoms with van der Waals surface area (Å²) in [4.78, 5) is 11.2. The van der Waals surface area contributed by atoms with Crippen molar-refractivity contribution in [1.29, 1.82) is 0 Å². The molecule has 1 aliphatic carbocycles. The lowest BCUT2D eigenvalue weighted by Gasteiger charge is -2.21. The number of aromatic nitrogens is 3. The highest BCUT2D eigenvalue weighted by Crippen LogP contribution is 2.27. The normalized spacial score (nSPS) is 16.7. The smallest absolute Gasteiger partial charge is 0.358 e. The summed E-state index contributed by atoms with van der Waals surface area (Å²) in [5, 5.41) is 17.0. The van der Waals surface area contributed by atoms with Crippen LogP contribution >= 0.6 is 0 Å². The van der Waals surface area contributed by atoms with Crippen LogP contribution in [0.25, 0.3) is 0 Å². The summed E-state index contributed by atoms with van der Waals surface area (Å²) >= 11 is 0. The highest BCUT2D eigenvalue weighted by Gasteiger charge is 2.20. The van der Waals surface area contributed by atoms with E-state index in [1.54, 1.807) is 4.68 Å². The Morgan fingerprint density at radius 2 is 2.11 bits per heavy atom. The molecule has 1 aromatic heterocycles. The summed E-state index contributed by atoms with van der Waals surface area (Å²) in [6.45, 7) is 2.81. The number of aromatic carboxylic acids is 1. The minimum absolute atomic E-state index is 0.143. The highest BCUT2D eigenvalue weighted by atomic mass is 16.4. The lowest BCUT2D eigenvalue weighted by molar-refractivity contribution is 0.0689. The molecule has 1 N–H and O–H groups in total. The molecular formula is C14H23N3O2. The fourth-order valence-corrected chi connectivity index (χ4v) is 2.95. The largest absolute Gasteiger partial charge is 0.476 e. The lowest BCUT2D eigenvalue weighted by Crippen LogP contribution is -2.12. The van der Waals surface area contributed by atoms with Gasteiger partial charge in [0.15, 0.2) is 5.69 Å². The summed E-state index contributed by atoms with van der Waals surface area (Å²) in [7, 11) is 0. The fraction of sp³-hybridized carbons (Fsp3) is 0.786. The van der Waals surface area contributed by atoms with Gasteiger partial charge in [0.05, 0.1) is 5.69 Å². The quantitative estimate of drug-likeness (QED) is 0.858. The van der Waals surface area contributed by atoms with E-state index in [1.165, 1.54) is 32.1 Å². The standard InChI is InChI=1S/C14H23N3O2/c1-2-10-17-12(13(14(18)19)15-16-17)9-8-11-6-4-3-5-7-11/h11H,2-10H2,1H3,(H,18,19). The number of carboxylic acid groups (broad SMARTS) is 1. The van der Waals surface area contributed by atoms with E-state index in [1.807, 2.05) is 0 Å². The average Bonchev–Trinajstić information content (AvgIpc) is 2.81. The zero-order chi connectivity index (χ0) is 13.7. The SMILES string of the molecule is CCCn1nnc(C(=O)O)c1CCC1CCCCC1.